The van der Waals surface area contributed by atoms with Crippen molar-refractivity contribution >= 4 is 46.4 Å². The Morgan fingerprint density at radius 2 is 1.65 bits per heavy atom. The fraction of sp³-hybridized carbons (Fsp3) is 0.115. The van der Waals surface area contributed by atoms with Crippen LogP contribution in [0.1, 0.15) is 5.56 Å². The van der Waals surface area contributed by atoms with Crippen molar-refractivity contribution in [3.05, 3.63) is 89.3 Å². The number of hydrogen-bond donors (Lipinski definition) is 0. The Kier molecular flexibility index (Phi) is 6.98. The molecule has 0 atom stereocenters. The number of rotatable bonds is 5. The molecule has 4 rings (SSSR count). The van der Waals surface area contributed by atoms with Gasteiger partial charge in [-0.05, 0) is 59.8 Å². The fourth-order valence-corrected chi connectivity index (χ4v) is 4.16. The van der Waals surface area contributed by atoms with Gasteiger partial charge in [0.25, 0.3) is 5.91 Å². The molecule has 0 aromatic heterocycles. The monoisotopic (exact) mass is 473 g/mol. The van der Waals surface area contributed by atoms with Crippen LogP contribution in [-0.4, -0.2) is 43.3 Å². The van der Waals surface area contributed by atoms with Crippen molar-refractivity contribution in [2.45, 2.75) is 0 Å². The lowest BCUT2D eigenvalue weighted by atomic mass is 10.2. The van der Waals surface area contributed by atoms with Gasteiger partial charge < -0.3 is 14.4 Å². The minimum atomic E-state index is -0.508. The Labute approximate surface area is 202 Å². The Balaban J connectivity index is 1.69. The number of ether oxygens (including phenoxy) is 2. The number of carbonyl (C=O) groups is 2. The molecular weight excluding hydrogens is 450 g/mol. The van der Waals surface area contributed by atoms with E-state index in [2.05, 4.69) is 0 Å². The van der Waals surface area contributed by atoms with Gasteiger partial charge in [-0.3, -0.25) is 9.69 Å². The van der Waals surface area contributed by atoms with Gasteiger partial charge in [-0.25, -0.2) is 9.79 Å². The number of amidine groups is 1. The molecule has 0 radical (unpaired) electrons. The third kappa shape index (κ3) is 5.13. The molecule has 0 saturated carbocycles. The number of benzene rings is 3. The zero-order valence-electron chi connectivity index (χ0n) is 19.0. The van der Waals surface area contributed by atoms with Crippen LogP contribution in [0.2, 0.25) is 0 Å². The summed E-state index contributed by atoms with van der Waals surface area (Å²) in [6, 6.07) is 24.1. The summed E-state index contributed by atoms with van der Waals surface area (Å²) < 4.78 is 10.7. The van der Waals surface area contributed by atoms with Crippen molar-refractivity contribution in [2.75, 3.05) is 26.1 Å². The number of methoxy groups -OCH3 is 1. The molecule has 0 unspecified atom stereocenters. The SMILES string of the molecule is COc1cc(/C=C2\SC(=Nc3ccccc3)N(c3ccccc3)C2=O)ccc1OC(=O)N(C)C. The molecule has 3 aromatic carbocycles. The van der Waals surface area contributed by atoms with Gasteiger partial charge in [0.05, 0.1) is 23.4 Å². The molecule has 1 heterocycles. The average molecular weight is 474 g/mol. The maximum atomic E-state index is 13.4. The minimum Gasteiger partial charge on any atom is -0.493 e. The summed E-state index contributed by atoms with van der Waals surface area (Å²) in [7, 11) is 4.70. The summed E-state index contributed by atoms with van der Waals surface area (Å²) in [5, 5.41) is 0.567. The van der Waals surface area contributed by atoms with E-state index in [4.69, 9.17) is 14.5 Å². The van der Waals surface area contributed by atoms with E-state index in [0.29, 0.717) is 21.6 Å². The first-order valence-corrected chi connectivity index (χ1v) is 11.3. The second kappa shape index (κ2) is 10.3. The molecule has 0 bridgehead atoms. The lowest BCUT2D eigenvalue weighted by Crippen LogP contribution is -2.28. The molecule has 0 N–H and O–H groups in total. The number of hydrogen-bond acceptors (Lipinski definition) is 6. The molecule has 3 aromatic rings. The summed E-state index contributed by atoms with van der Waals surface area (Å²) in [6.45, 7) is 0. The van der Waals surface area contributed by atoms with Crippen LogP contribution in [0, 0.1) is 0 Å². The topological polar surface area (TPSA) is 71.4 Å². The molecule has 172 valence electrons. The van der Waals surface area contributed by atoms with Gasteiger partial charge in [0.1, 0.15) is 0 Å². The molecule has 8 heteroatoms. The van der Waals surface area contributed by atoms with Crippen LogP contribution >= 0.6 is 11.8 Å². The van der Waals surface area contributed by atoms with Crippen molar-refractivity contribution < 1.29 is 19.1 Å². The molecular formula is C26H23N3O4S. The molecule has 1 aliphatic rings. The maximum Gasteiger partial charge on any atom is 0.414 e. The Morgan fingerprint density at radius 3 is 2.29 bits per heavy atom. The van der Waals surface area contributed by atoms with Crippen molar-refractivity contribution in [3.63, 3.8) is 0 Å². The fourth-order valence-electron chi connectivity index (χ4n) is 3.16. The predicted octanol–water partition coefficient (Wildman–Crippen LogP) is 5.56. The third-order valence-corrected chi connectivity index (χ3v) is 5.82. The van der Waals surface area contributed by atoms with E-state index in [9.17, 15) is 9.59 Å². The number of thioether (sulfide) groups is 1. The van der Waals surface area contributed by atoms with Crippen LogP contribution in [0.15, 0.2) is 88.8 Å². The first kappa shape index (κ1) is 23.1. The van der Waals surface area contributed by atoms with E-state index in [1.54, 1.807) is 43.3 Å². The predicted molar refractivity (Wildman–Crippen MR) is 136 cm³/mol. The van der Waals surface area contributed by atoms with Crippen molar-refractivity contribution in [1.29, 1.82) is 0 Å². The summed E-state index contributed by atoms with van der Waals surface area (Å²) in [4.78, 5) is 33.5. The van der Waals surface area contributed by atoms with Gasteiger partial charge in [-0.15, -0.1) is 0 Å². The lowest BCUT2D eigenvalue weighted by molar-refractivity contribution is -0.113. The largest absolute Gasteiger partial charge is 0.493 e. The molecule has 7 nitrogen and oxygen atoms in total. The highest BCUT2D eigenvalue weighted by atomic mass is 32.2. The second-order valence-electron chi connectivity index (χ2n) is 7.49. The van der Waals surface area contributed by atoms with Crippen LogP contribution in [0.3, 0.4) is 0 Å². The molecule has 0 spiro atoms. The molecule has 2 amide bonds. The number of carbonyl (C=O) groups excluding carboxylic acids is 2. The van der Waals surface area contributed by atoms with E-state index in [0.717, 1.165) is 16.9 Å². The number of nitrogens with zero attached hydrogens (tertiary/aromatic N) is 3. The Hall–Kier alpha value is -4.04. The van der Waals surface area contributed by atoms with Gasteiger partial charge in [0.2, 0.25) is 0 Å². The number of para-hydroxylation sites is 2. The van der Waals surface area contributed by atoms with Crippen molar-refractivity contribution in [1.82, 2.24) is 4.90 Å². The zero-order valence-corrected chi connectivity index (χ0v) is 19.8. The Morgan fingerprint density at radius 1 is 0.971 bits per heavy atom. The van der Waals surface area contributed by atoms with E-state index >= 15 is 0 Å². The van der Waals surface area contributed by atoms with Gasteiger partial charge in [-0.1, -0.05) is 42.5 Å². The highest BCUT2D eigenvalue weighted by Crippen LogP contribution is 2.38. The smallest absolute Gasteiger partial charge is 0.414 e. The minimum absolute atomic E-state index is 0.173. The van der Waals surface area contributed by atoms with Gasteiger partial charge in [0.15, 0.2) is 16.7 Å². The summed E-state index contributed by atoms with van der Waals surface area (Å²) in [5.41, 5.74) is 2.22. The molecule has 34 heavy (non-hydrogen) atoms. The van der Waals surface area contributed by atoms with Gasteiger partial charge in [0, 0.05) is 14.1 Å². The average Bonchev–Trinajstić information content (AvgIpc) is 3.15. The summed E-state index contributed by atoms with van der Waals surface area (Å²) in [6.07, 6.45) is 1.27. The summed E-state index contributed by atoms with van der Waals surface area (Å²) in [5.74, 6) is 0.511. The summed E-state index contributed by atoms with van der Waals surface area (Å²) >= 11 is 1.30. The Bertz CT molecular complexity index is 1260. The van der Waals surface area contributed by atoms with E-state index < -0.39 is 6.09 Å². The third-order valence-electron chi connectivity index (χ3n) is 4.85. The van der Waals surface area contributed by atoms with Crippen molar-refractivity contribution in [2.24, 2.45) is 4.99 Å². The van der Waals surface area contributed by atoms with Crippen LogP contribution in [0.4, 0.5) is 16.2 Å². The zero-order chi connectivity index (χ0) is 24.1. The highest BCUT2D eigenvalue weighted by molar-refractivity contribution is 8.19. The maximum absolute atomic E-state index is 13.4. The van der Waals surface area contributed by atoms with Crippen LogP contribution < -0.4 is 14.4 Å². The first-order chi connectivity index (χ1) is 16.5. The van der Waals surface area contributed by atoms with E-state index in [1.165, 1.54) is 23.8 Å². The van der Waals surface area contributed by atoms with Crippen LogP contribution in [0.25, 0.3) is 6.08 Å². The number of amides is 2. The molecule has 1 saturated heterocycles. The molecule has 1 fully saturated rings. The number of aliphatic imine (C=N–C) groups is 1. The van der Waals surface area contributed by atoms with Crippen LogP contribution in [-0.2, 0) is 4.79 Å². The van der Waals surface area contributed by atoms with E-state index in [-0.39, 0.29) is 5.91 Å². The van der Waals surface area contributed by atoms with E-state index in [1.807, 2.05) is 60.7 Å². The molecule has 1 aliphatic heterocycles. The lowest BCUT2D eigenvalue weighted by Gasteiger charge is -2.15. The quantitative estimate of drug-likeness (QED) is 0.454. The number of anilines is 1. The molecule has 0 aliphatic carbocycles. The van der Waals surface area contributed by atoms with Crippen molar-refractivity contribution in [3.8, 4) is 11.5 Å². The second-order valence-corrected chi connectivity index (χ2v) is 8.50. The van der Waals surface area contributed by atoms with Gasteiger partial charge in [-0.2, -0.15) is 0 Å². The van der Waals surface area contributed by atoms with Gasteiger partial charge >= 0.3 is 6.09 Å². The first-order valence-electron chi connectivity index (χ1n) is 10.5. The highest BCUT2D eigenvalue weighted by Gasteiger charge is 2.34. The normalized spacial score (nSPS) is 15.6. The van der Waals surface area contributed by atoms with Crippen LogP contribution in [0.5, 0.6) is 11.5 Å². The standard InChI is InChI=1S/C26H23N3O4S/c1-28(2)26(31)33-21-15-14-18(16-22(21)32-3)17-23-24(30)29(20-12-8-5-9-13-20)25(34-23)27-19-10-6-4-7-11-19/h4-17H,1-3H3/b23-17-,27-25?.